The van der Waals surface area contributed by atoms with Crippen LogP contribution < -0.4 is 14.4 Å². The zero-order chi connectivity index (χ0) is 50.5. The number of hydrogen-bond donors (Lipinski definition) is 0. The van der Waals surface area contributed by atoms with Crippen LogP contribution in [0.1, 0.15) is 165 Å². The van der Waals surface area contributed by atoms with E-state index in [2.05, 4.69) is 228 Å². The van der Waals surface area contributed by atoms with Gasteiger partial charge in [-0.2, -0.15) is 0 Å². The molecule has 0 saturated heterocycles. The number of hydrogen-bond acceptors (Lipinski definition) is 5. The van der Waals surface area contributed by atoms with Crippen molar-refractivity contribution < 1.29 is 9.47 Å². The minimum absolute atomic E-state index is 0. The van der Waals surface area contributed by atoms with Crippen molar-refractivity contribution in [2.75, 3.05) is 18.1 Å². The first kappa shape index (κ1) is 62.5. The molecule has 3 aromatic heterocycles. The van der Waals surface area contributed by atoms with Crippen LogP contribution in [0, 0.1) is 13.8 Å². The normalized spacial score (nSPS) is 11.4. The average Bonchev–Trinajstić information content (AvgIpc) is 4.01. The van der Waals surface area contributed by atoms with Crippen molar-refractivity contribution >= 4 is 55.9 Å². The Kier molecular flexibility index (Phi) is 27.4. The van der Waals surface area contributed by atoms with Crippen LogP contribution in [0.5, 0.6) is 11.5 Å². The lowest BCUT2D eigenvalue weighted by atomic mass is 9.94. The van der Waals surface area contributed by atoms with E-state index < -0.39 is 0 Å². The number of anilines is 2. The zero-order valence-electron chi connectivity index (χ0n) is 45.5. The molecule has 4 nitrogen and oxygen atoms in total. The first-order chi connectivity index (χ1) is 31.2. The molecule has 372 valence electrons. The predicted octanol–water partition coefficient (Wildman–Crippen LogP) is 20.4. The summed E-state index contributed by atoms with van der Waals surface area (Å²) in [7, 11) is 0. The second-order valence-electron chi connectivity index (χ2n) is 19.0. The van der Waals surface area contributed by atoms with Gasteiger partial charge in [0.15, 0.2) is 11.5 Å². The van der Waals surface area contributed by atoms with Crippen molar-refractivity contribution in [2.24, 2.45) is 0 Å². The number of aromatic nitrogens is 1. The second kappa shape index (κ2) is 29.4. The lowest BCUT2D eigenvalue weighted by Crippen LogP contribution is -2.37. The lowest BCUT2D eigenvalue weighted by Gasteiger charge is -2.37. The largest absolute Gasteiger partial charge is 0.485 e. The van der Waals surface area contributed by atoms with Crippen molar-refractivity contribution in [1.82, 2.24) is 4.57 Å². The van der Waals surface area contributed by atoms with E-state index in [1.165, 1.54) is 52.7 Å². The highest BCUT2D eigenvalue weighted by Gasteiger charge is 2.29. The highest BCUT2D eigenvalue weighted by molar-refractivity contribution is 7.13. The van der Waals surface area contributed by atoms with Gasteiger partial charge >= 0.3 is 0 Å². The molecule has 4 heterocycles. The summed E-state index contributed by atoms with van der Waals surface area (Å²) in [4.78, 5) is 7.76. The van der Waals surface area contributed by atoms with Crippen LogP contribution in [0.4, 0.5) is 11.4 Å². The second-order valence-corrected chi connectivity index (χ2v) is 21.5. The summed E-state index contributed by atoms with van der Waals surface area (Å²) in [5.41, 5.74) is 5.73. The Balaban J connectivity index is 0.000000832. The molecule has 1 aliphatic heterocycles. The molecular weight excluding hydrogens is 857 g/mol. The highest BCUT2D eigenvalue weighted by atomic mass is 32.1. The van der Waals surface area contributed by atoms with E-state index in [1.54, 1.807) is 11.3 Å². The molecule has 0 N–H and O–H groups in total. The summed E-state index contributed by atoms with van der Waals surface area (Å²) in [6, 6.07) is 42.7. The molecule has 0 fully saturated rings. The molecule has 0 radical (unpaired) electrons. The summed E-state index contributed by atoms with van der Waals surface area (Å²) in [6.45, 7) is 48.4. The first-order valence-electron chi connectivity index (χ1n) is 24.5. The maximum Gasteiger partial charge on any atom is 0.176 e. The average molecular weight is 952 g/mol. The summed E-state index contributed by atoms with van der Waals surface area (Å²) in [6.07, 6.45) is 0. The molecule has 0 unspecified atom stereocenters. The van der Waals surface area contributed by atoms with E-state index in [1.807, 2.05) is 66.7 Å². The lowest BCUT2D eigenvalue weighted by molar-refractivity contribution is 0.169. The predicted molar refractivity (Wildman–Crippen MR) is 308 cm³/mol. The highest BCUT2D eigenvalue weighted by Crippen LogP contribution is 2.48. The molecule has 0 saturated carbocycles. The van der Waals surface area contributed by atoms with Crippen LogP contribution in [-0.2, 0) is 16.4 Å². The summed E-state index contributed by atoms with van der Waals surface area (Å²) in [5.74, 6) is 1.94. The van der Waals surface area contributed by atoms with Crippen molar-refractivity contribution in [3.63, 3.8) is 0 Å². The number of aryl methyl sites for hydroxylation is 2. The standard InChI is InChI=1S/C16H17N.C16H19N.C11H16O2S.C9H14S.4C2H6.CH4/c1-16(2,3)17-14-10-6-4-8-12(14)13-9-5-7-11-15(13)17;1-16(2,3)17(14-10-6-4-7-11-14)15-12-8-5-9-13-15;1-7-8-9(13-6-5-12-8)10(14-7)11(2,3)4;1-7-5-6-8(10-7)9(2,3)4;4*1-2;/h4-11H,1-3H3;4-13H,1-3H3;5-6H2,1-4H3;5-6H,1-4H3;4*1-2H3;1H4. The van der Waals surface area contributed by atoms with Gasteiger partial charge in [-0.25, -0.2) is 0 Å². The topological polar surface area (TPSA) is 26.6 Å². The maximum atomic E-state index is 5.69. The van der Waals surface area contributed by atoms with Crippen LogP contribution in [0.25, 0.3) is 21.8 Å². The number of fused-ring (bicyclic) bond motifs is 4. The van der Waals surface area contributed by atoms with Crippen LogP contribution >= 0.6 is 22.7 Å². The smallest absolute Gasteiger partial charge is 0.176 e. The van der Waals surface area contributed by atoms with Crippen molar-refractivity contribution in [3.8, 4) is 11.5 Å². The molecule has 0 atom stereocenters. The summed E-state index contributed by atoms with van der Waals surface area (Å²) in [5, 5.41) is 2.69. The Bertz CT molecular complexity index is 2260. The molecule has 0 amide bonds. The summed E-state index contributed by atoms with van der Waals surface area (Å²) < 4.78 is 13.7. The van der Waals surface area contributed by atoms with Gasteiger partial charge < -0.3 is 18.9 Å². The van der Waals surface area contributed by atoms with Crippen LogP contribution in [-0.4, -0.2) is 23.3 Å². The van der Waals surface area contributed by atoms with E-state index in [9.17, 15) is 0 Å². The van der Waals surface area contributed by atoms with Gasteiger partial charge in [0.1, 0.15) is 13.2 Å². The Hall–Kier alpha value is -4.52. The van der Waals surface area contributed by atoms with Gasteiger partial charge in [-0.15, -0.1) is 22.7 Å². The molecule has 0 aliphatic carbocycles. The van der Waals surface area contributed by atoms with Gasteiger partial charge in [-0.05, 0) is 109 Å². The van der Waals surface area contributed by atoms with Crippen molar-refractivity contribution in [1.29, 1.82) is 0 Å². The molecule has 0 bridgehead atoms. The van der Waals surface area contributed by atoms with Gasteiger partial charge in [0.25, 0.3) is 0 Å². The zero-order valence-corrected chi connectivity index (χ0v) is 47.1. The number of nitrogens with zero attached hydrogens (tertiary/aromatic N) is 2. The van der Waals surface area contributed by atoms with Gasteiger partial charge in [0.2, 0.25) is 0 Å². The Morgan fingerprint density at radius 1 is 0.463 bits per heavy atom. The number of benzene rings is 4. The van der Waals surface area contributed by atoms with Gasteiger partial charge in [-0.1, -0.05) is 177 Å². The summed E-state index contributed by atoms with van der Waals surface area (Å²) >= 11 is 3.68. The number of rotatable bonds is 2. The van der Waals surface area contributed by atoms with E-state index in [0.29, 0.717) is 18.6 Å². The monoisotopic (exact) mass is 951 g/mol. The third-order valence-corrected chi connectivity index (χ3v) is 12.6. The fourth-order valence-electron chi connectivity index (χ4n) is 7.15. The Morgan fingerprint density at radius 3 is 1.18 bits per heavy atom. The number of ether oxygens (including phenoxy) is 2. The van der Waals surface area contributed by atoms with Crippen molar-refractivity contribution in [3.05, 3.63) is 141 Å². The third kappa shape index (κ3) is 18.1. The molecular formula is C61H94N2O2S2. The molecule has 0 spiro atoms. The van der Waals surface area contributed by atoms with E-state index in [-0.39, 0.29) is 23.9 Å². The number of para-hydroxylation sites is 4. The van der Waals surface area contributed by atoms with Gasteiger partial charge in [0, 0.05) is 64.3 Å². The van der Waals surface area contributed by atoms with Gasteiger partial charge in [0.05, 0.1) is 4.88 Å². The first-order valence-corrected chi connectivity index (χ1v) is 26.2. The molecule has 4 aromatic carbocycles. The van der Waals surface area contributed by atoms with Crippen LogP contribution in [0.2, 0.25) is 0 Å². The van der Waals surface area contributed by atoms with Crippen molar-refractivity contribution in [2.45, 2.75) is 182 Å². The fourth-order valence-corrected chi connectivity index (χ4v) is 9.18. The fraction of sp³-hybridized carbons (Fsp3) is 0.475. The molecule has 7 aromatic rings. The molecule has 8 rings (SSSR count). The van der Waals surface area contributed by atoms with E-state index >= 15 is 0 Å². The minimum Gasteiger partial charge on any atom is -0.485 e. The van der Waals surface area contributed by atoms with Crippen LogP contribution in [0.3, 0.4) is 0 Å². The third-order valence-electron chi connectivity index (χ3n) is 9.67. The van der Waals surface area contributed by atoms with E-state index in [0.717, 1.165) is 11.5 Å². The Labute approximate surface area is 419 Å². The minimum atomic E-state index is 0. The molecule has 6 heteroatoms. The Morgan fingerprint density at radius 2 is 0.851 bits per heavy atom. The maximum absolute atomic E-state index is 5.69. The molecule has 1 aliphatic rings. The van der Waals surface area contributed by atoms with E-state index in [4.69, 9.17) is 9.47 Å². The van der Waals surface area contributed by atoms with Crippen LogP contribution in [0.15, 0.2) is 121 Å². The quantitative estimate of drug-likeness (QED) is 0.173. The van der Waals surface area contributed by atoms with Gasteiger partial charge in [-0.3, -0.25) is 0 Å². The molecule has 67 heavy (non-hydrogen) atoms. The SMILES string of the molecule is C.CC.CC.CC.CC.CC(C)(C)N(c1ccccc1)c1ccccc1.CC(C)(C)n1c2ccccc2c2ccccc21.Cc1ccc(C(C)(C)C)s1.Cc1sc(C(C)(C)C)c2c1OCCO2. The number of thiophene rings is 2.